The maximum atomic E-state index is 12.3. The zero-order valence-corrected chi connectivity index (χ0v) is 16.5. The number of H-pyrrole nitrogens is 1. The average Bonchev–Trinajstić information content (AvgIpc) is 3.41. The molecule has 1 saturated heterocycles. The molecule has 0 aromatic carbocycles. The molecule has 4 heterocycles. The van der Waals surface area contributed by atoms with Crippen molar-refractivity contribution in [3.05, 3.63) is 34.6 Å². The number of ether oxygens (including phenoxy) is 1. The molecule has 4 atom stereocenters. The van der Waals surface area contributed by atoms with Gasteiger partial charge in [-0.25, -0.2) is 10.4 Å². The van der Waals surface area contributed by atoms with Crippen LogP contribution in [0.2, 0.25) is 0 Å². The Bertz CT molecular complexity index is 1380. The lowest BCUT2D eigenvalue weighted by Gasteiger charge is -2.16. The number of aliphatic hydroxyl groups is 2. The number of hydrogen-bond donors (Lipinski definition) is 6. The van der Waals surface area contributed by atoms with Crippen LogP contribution in [0.1, 0.15) is 12.0 Å². The van der Waals surface area contributed by atoms with Crippen LogP contribution in [0.4, 0.5) is 5.95 Å². The molecule has 17 heteroatoms. The van der Waals surface area contributed by atoms with E-state index in [2.05, 4.69) is 20.1 Å². The van der Waals surface area contributed by atoms with Gasteiger partial charge in [0.05, 0.1) is 12.5 Å². The Labute approximate surface area is 177 Å². The van der Waals surface area contributed by atoms with Crippen LogP contribution in [-0.4, -0.2) is 73.1 Å². The maximum Gasteiger partial charge on any atom is 0.328 e. The van der Waals surface area contributed by atoms with E-state index in [0.29, 0.717) is 0 Å². The highest BCUT2D eigenvalue weighted by molar-refractivity contribution is 7.85. The van der Waals surface area contributed by atoms with Gasteiger partial charge in [-0.05, 0) is 12.1 Å². The molecule has 1 amide bonds. The van der Waals surface area contributed by atoms with Gasteiger partial charge < -0.3 is 25.1 Å². The SMILES string of the molecule is Nc1nc2c(ncn2[C@@H]2O[C@H](C(=O)N/N=C\c3ccc(S(=O)(=O)O)o3)[C@@H](O)[C@H]2O)c(=O)[nH]1. The van der Waals surface area contributed by atoms with E-state index in [1.54, 1.807) is 0 Å². The van der Waals surface area contributed by atoms with E-state index in [-0.39, 0.29) is 22.9 Å². The van der Waals surface area contributed by atoms with E-state index < -0.39 is 51.2 Å². The summed E-state index contributed by atoms with van der Waals surface area (Å²) >= 11 is 0. The fourth-order valence-electron chi connectivity index (χ4n) is 3.00. The first-order valence-electron chi connectivity index (χ1n) is 8.70. The van der Waals surface area contributed by atoms with Gasteiger partial charge in [0.25, 0.3) is 11.5 Å². The van der Waals surface area contributed by atoms with Crippen molar-refractivity contribution in [2.45, 2.75) is 29.6 Å². The second kappa shape index (κ2) is 7.80. The third-order valence-corrected chi connectivity index (χ3v) is 5.17. The molecule has 0 saturated carbocycles. The van der Waals surface area contributed by atoms with Crippen molar-refractivity contribution in [2.75, 3.05) is 5.73 Å². The van der Waals surface area contributed by atoms with E-state index >= 15 is 0 Å². The number of aromatic amines is 1. The highest BCUT2D eigenvalue weighted by Gasteiger charge is 2.47. The number of nitrogens with one attached hydrogen (secondary N) is 2. The molecule has 0 radical (unpaired) electrons. The number of carbonyl (C=O) groups excluding carboxylic acids is 1. The molecule has 170 valence electrons. The second-order valence-electron chi connectivity index (χ2n) is 6.57. The molecular formula is C15H15N7O9S. The Balaban J connectivity index is 1.49. The van der Waals surface area contributed by atoms with E-state index in [9.17, 15) is 28.2 Å². The number of furan rings is 1. The van der Waals surface area contributed by atoms with Gasteiger partial charge in [-0.2, -0.15) is 18.5 Å². The Morgan fingerprint density at radius 2 is 2.09 bits per heavy atom. The number of nitrogens with zero attached hydrogens (tertiary/aromatic N) is 4. The van der Waals surface area contributed by atoms with Gasteiger partial charge in [0.15, 0.2) is 23.5 Å². The molecule has 0 bridgehead atoms. The fourth-order valence-corrected chi connectivity index (χ4v) is 3.44. The molecule has 32 heavy (non-hydrogen) atoms. The number of imidazole rings is 1. The van der Waals surface area contributed by atoms with Crippen molar-refractivity contribution >= 4 is 39.4 Å². The number of hydrogen-bond acceptors (Lipinski definition) is 12. The number of amides is 1. The smallest absolute Gasteiger partial charge is 0.328 e. The maximum absolute atomic E-state index is 12.3. The van der Waals surface area contributed by atoms with Crippen molar-refractivity contribution in [3.63, 3.8) is 0 Å². The summed E-state index contributed by atoms with van der Waals surface area (Å²) in [5.41, 5.74) is 6.81. The van der Waals surface area contributed by atoms with E-state index in [1.165, 1.54) is 6.07 Å². The van der Waals surface area contributed by atoms with Gasteiger partial charge in [-0.1, -0.05) is 0 Å². The minimum Gasteiger partial charge on any atom is -0.441 e. The molecule has 1 aliphatic rings. The number of hydrazone groups is 1. The van der Waals surface area contributed by atoms with Gasteiger partial charge in [-0.3, -0.25) is 23.7 Å². The van der Waals surface area contributed by atoms with E-state index in [0.717, 1.165) is 23.2 Å². The Hall–Kier alpha value is -3.64. The Kier molecular flexibility index (Phi) is 5.26. The number of nitrogen functional groups attached to an aromatic ring is 1. The predicted octanol–water partition coefficient (Wildman–Crippen LogP) is -2.69. The van der Waals surface area contributed by atoms with Crippen LogP contribution < -0.4 is 16.7 Å². The number of aromatic nitrogens is 4. The van der Waals surface area contributed by atoms with Gasteiger partial charge >= 0.3 is 10.1 Å². The lowest BCUT2D eigenvalue weighted by molar-refractivity contribution is -0.137. The zero-order valence-electron chi connectivity index (χ0n) is 15.7. The number of nitrogens with two attached hydrogens (primary N) is 1. The van der Waals surface area contributed by atoms with Gasteiger partial charge in [0.2, 0.25) is 11.0 Å². The van der Waals surface area contributed by atoms with Crippen molar-refractivity contribution in [2.24, 2.45) is 5.10 Å². The molecular weight excluding hydrogens is 454 g/mol. The van der Waals surface area contributed by atoms with Gasteiger partial charge in [-0.15, -0.1) is 0 Å². The lowest BCUT2D eigenvalue weighted by atomic mass is 10.1. The standard InChI is InChI=1S/C15H15N7O9S/c16-15-19-11-7(12(25)20-15)17-4-22(11)14-9(24)8(23)10(31-14)13(26)21-18-3-5-1-2-6(30-5)32(27,28)29/h1-4,8-10,14,23-24H,(H,21,26)(H,27,28,29)(H3,16,19,20,25)/b18-3-/t8-,9+,10-,14+/m0/s1. The zero-order chi connectivity index (χ0) is 23.2. The summed E-state index contributed by atoms with van der Waals surface area (Å²) in [5, 5.41) is 23.4. The van der Waals surface area contributed by atoms with Crippen molar-refractivity contribution < 1.29 is 37.1 Å². The van der Waals surface area contributed by atoms with Gasteiger partial charge in [0, 0.05) is 0 Å². The minimum absolute atomic E-state index is 0.0333. The number of rotatable bonds is 5. The summed E-state index contributed by atoms with van der Waals surface area (Å²) in [7, 11) is -4.54. The number of anilines is 1. The predicted molar refractivity (Wildman–Crippen MR) is 103 cm³/mol. The highest BCUT2D eigenvalue weighted by atomic mass is 32.2. The molecule has 3 aromatic heterocycles. The van der Waals surface area contributed by atoms with Crippen LogP contribution in [0.25, 0.3) is 11.2 Å². The van der Waals surface area contributed by atoms with Crippen LogP contribution >= 0.6 is 0 Å². The van der Waals surface area contributed by atoms with Crippen LogP contribution in [-0.2, 0) is 19.6 Å². The van der Waals surface area contributed by atoms with Crippen molar-refractivity contribution in [3.8, 4) is 0 Å². The normalized spacial score (nSPS) is 23.8. The highest BCUT2D eigenvalue weighted by Crippen LogP contribution is 2.31. The van der Waals surface area contributed by atoms with Crippen LogP contribution in [0.5, 0.6) is 0 Å². The molecule has 1 fully saturated rings. The number of fused-ring (bicyclic) bond motifs is 1. The monoisotopic (exact) mass is 469 g/mol. The first kappa shape index (κ1) is 21.6. The topological polar surface area (TPSA) is 248 Å². The largest absolute Gasteiger partial charge is 0.441 e. The molecule has 7 N–H and O–H groups in total. The first-order chi connectivity index (χ1) is 15.1. The molecule has 0 spiro atoms. The summed E-state index contributed by atoms with van der Waals surface area (Å²) in [6.07, 6.45) is -4.11. The summed E-state index contributed by atoms with van der Waals surface area (Å²) < 4.78 is 42.2. The Morgan fingerprint density at radius 1 is 1.34 bits per heavy atom. The summed E-state index contributed by atoms with van der Waals surface area (Å²) in [6.45, 7) is 0. The molecule has 0 unspecified atom stereocenters. The Morgan fingerprint density at radius 3 is 2.78 bits per heavy atom. The molecule has 3 aromatic rings. The van der Waals surface area contributed by atoms with E-state index in [4.69, 9.17) is 19.4 Å². The summed E-state index contributed by atoms with van der Waals surface area (Å²) in [4.78, 5) is 34.3. The summed E-state index contributed by atoms with van der Waals surface area (Å²) in [6, 6.07) is 2.15. The van der Waals surface area contributed by atoms with Crippen LogP contribution in [0.3, 0.4) is 0 Å². The third kappa shape index (κ3) is 3.85. The summed E-state index contributed by atoms with van der Waals surface area (Å²) in [5.74, 6) is -1.27. The molecule has 0 aliphatic carbocycles. The van der Waals surface area contributed by atoms with Crippen molar-refractivity contribution in [1.29, 1.82) is 0 Å². The molecule has 4 rings (SSSR count). The average molecular weight is 469 g/mol. The number of carbonyl (C=O) groups is 1. The fraction of sp³-hybridized carbons (Fsp3) is 0.267. The quantitative estimate of drug-likeness (QED) is 0.127. The van der Waals surface area contributed by atoms with Crippen molar-refractivity contribution in [1.82, 2.24) is 24.9 Å². The minimum atomic E-state index is -4.54. The second-order valence-corrected chi connectivity index (χ2v) is 7.92. The number of aliphatic hydroxyl groups excluding tert-OH is 2. The first-order valence-corrected chi connectivity index (χ1v) is 10.1. The van der Waals surface area contributed by atoms with Crippen LogP contribution in [0.15, 0.2) is 37.9 Å². The molecule has 1 aliphatic heterocycles. The lowest BCUT2D eigenvalue weighted by Crippen LogP contribution is -2.41. The third-order valence-electron chi connectivity index (χ3n) is 4.44. The van der Waals surface area contributed by atoms with E-state index in [1.807, 2.05) is 5.43 Å². The van der Waals surface area contributed by atoms with Crippen LogP contribution in [0, 0.1) is 0 Å². The van der Waals surface area contributed by atoms with Gasteiger partial charge in [0.1, 0.15) is 18.0 Å². The molecule has 16 nitrogen and oxygen atoms in total.